The summed E-state index contributed by atoms with van der Waals surface area (Å²) >= 11 is 0. The van der Waals surface area contributed by atoms with E-state index in [2.05, 4.69) is 5.32 Å². The number of sulfonamides is 1. The third kappa shape index (κ3) is 5.57. The minimum absolute atomic E-state index is 0.250. The van der Waals surface area contributed by atoms with Crippen molar-refractivity contribution in [1.82, 2.24) is 5.32 Å². The lowest BCUT2D eigenvalue weighted by Gasteiger charge is -2.22. The molecule has 136 valence electrons. The van der Waals surface area contributed by atoms with Crippen molar-refractivity contribution in [2.45, 2.75) is 6.42 Å². The second-order valence-electron chi connectivity index (χ2n) is 5.66. The molecule has 0 aliphatic rings. The number of nitrogens with one attached hydrogen (secondary N) is 1. The van der Waals surface area contributed by atoms with Gasteiger partial charge in [-0.05, 0) is 42.3 Å². The summed E-state index contributed by atoms with van der Waals surface area (Å²) in [6.45, 7) is -0.0998. The van der Waals surface area contributed by atoms with E-state index in [1.165, 1.54) is 24.3 Å². The van der Waals surface area contributed by atoms with Crippen molar-refractivity contribution in [2.75, 3.05) is 23.7 Å². The van der Waals surface area contributed by atoms with E-state index < -0.39 is 22.5 Å². The summed E-state index contributed by atoms with van der Waals surface area (Å²) < 4.78 is 37.8. The van der Waals surface area contributed by atoms with Crippen LogP contribution in [0, 0.1) is 17.1 Å². The van der Waals surface area contributed by atoms with Crippen LogP contribution >= 0.6 is 0 Å². The Morgan fingerprint density at radius 3 is 2.54 bits per heavy atom. The molecule has 0 heterocycles. The topological polar surface area (TPSA) is 90.3 Å². The van der Waals surface area contributed by atoms with E-state index in [1.807, 2.05) is 6.07 Å². The first-order valence-corrected chi connectivity index (χ1v) is 9.63. The maximum Gasteiger partial charge on any atom is 0.240 e. The monoisotopic (exact) mass is 375 g/mol. The highest BCUT2D eigenvalue weighted by molar-refractivity contribution is 7.92. The Labute approximate surface area is 151 Å². The van der Waals surface area contributed by atoms with Crippen LogP contribution in [0.3, 0.4) is 0 Å². The lowest BCUT2D eigenvalue weighted by Crippen LogP contribution is -2.41. The minimum atomic E-state index is -3.70. The van der Waals surface area contributed by atoms with Gasteiger partial charge in [0.05, 0.1) is 23.6 Å². The molecule has 8 heteroatoms. The van der Waals surface area contributed by atoms with Crippen LogP contribution in [0.1, 0.15) is 11.1 Å². The standard InChI is InChI=1S/C18H18FN3O3S/c1-26(24,25)22(17-4-2-3-15(11-17)12-20)13-18(23)21-10-9-14-5-7-16(19)8-6-14/h2-8,11H,9-10,13H2,1H3,(H,21,23). The van der Waals surface area contributed by atoms with Gasteiger partial charge in [-0.1, -0.05) is 18.2 Å². The number of halogens is 1. The highest BCUT2D eigenvalue weighted by atomic mass is 32.2. The molecule has 0 unspecified atom stereocenters. The first-order chi connectivity index (χ1) is 12.3. The average molecular weight is 375 g/mol. The second-order valence-corrected chi connectivity index (χ2v) is 7.56. The number of hydrogen-bond donors (Lipinski definition) is 1. The summed E-state index contributed by atoms with van der Waals surface area (Å²) in [6, 6.07) is 13.9. The molecule has 2 aromatic carbocycles. The Kier molecular flexibility index (Phi) is 6.31. The maximum absolute atomic E-state index is 12.9. The molecule has 0 fully saturated rings. The molecule has 6 nitrogen and oxygen atoms in total. The van der Waals surface area contributed by atoms with Crippen molar-refractivity contribution < 1.29 is 17.6 Å². The predicted octanol–water partition coefficient (Wildman–Crippen LogP) is 1.82. The lowest BCUT2D eigenvalue weighted by molar-refractivity contribution is -0.119. The molecule has 26 heavy (non-hydrogen) atoms. The average Bonchev–Trinajstić information content (AvgIpc) is 2.60. The van der Waals surface area contributed by atoms with Crippen LogP contribution < -0.4 is 9.62 Å². The van der Waals surface area contributed by atoms with Crippen LogP contribution in [0.4, 0.5) is 10.1 Å². The van der Waals surface area contributed by atoms with E-state index in [0.717, 1.165) is 16.1 Å². The lowest BCUT2D eigenvalue weighted by atomic mass is 10.1. The Bertz CT molecular complexity index is 921. The molecule has 2 aromatic rings. The molecule has 2 rings (SSSR count). The Hall–Kier alpha value is -2.92. The number of rotatable bonds is 7. The van der Waals surface area contributed by atoms with Crippen LogP contribution in [0.2, 0.25) is 0 Å². The van der Waals surface area contributed by atoms with E-state index in [0.29, 0.717) is 18.5 Å². The normalized spacial score (nSPS) is 10.8. The Morgan fingerprint density at radius 2 is 1.92 bits per heavy atom. The van der Waals surface area contributed by atoms with Gasteiger partial charge in [-0.25, -0.2) is 12.8 Å². The van der Waals surface area contributed by atoms with Crippen LogP contribution in [0.15, 0.2) is 48.5 Å². The van der Waals surface area contributed by atoms with E-state index in [1.54, 1.807) is 24.3 Å². The van der Waals surface area contributed by atoms with Crippen molar-refractivity contribution in [3.05, 3.63) is 65.5 Å². The van der Waals surface area contributed by atoms with Gasteiger partial charge in [-0.15, -0.1) is 0 Å². The molecule has 1 N–H and O–H groups in total. The summed E-state index contributed by atoms with van der Waals surface area (Å²) in [5.41, 5.74) is 1.40. The van der Waals surface area contributed by atoms with Crippen molar-refractivity contribution >= 4 is 21.6 Å². The van der Waals surface area contributed by atoms with Gasteiger partial charge in [-0.2, -0.15) is 5.26 Å². The second kappa shape index (κ2) is 8.45. The number of nitriles is 1. The fourth-order valence-electron chi connectivity index (χ4n) is 2.31. The Morgan fingerprint density at radius 1 is 1.23 bits per heavy atom. The fraction of sp³-hybridized carbons (Fsp3) is 0.222. The number of benzene rings is 2. The number of amides is 1. The van der Waals surface area contributed by atoms with E-state index >= 15 is 0 Å². The van der Waals surface area contributed by atoms with Gasteiger partial charge in [0.25, 0.3) is 0 Å². The predicted molar refractivity (Wildman–Crippen MR) is 96.5 cm³/mol. The molecule has 0 aromatic heterocycles. The maximum atomic E-state index is 12.9. The first-order valence-electron chi connectivity index (χ1n) is 7.78. The molecule has 0 radical (unpaired) electrons. The third-order valence-corrected chi connectivity index (χ3v) is 4.74. The largest absolute Gasteiger partial charge is 0.354 e. The molecule has 0 saturated heterocycles. The number of hydrogen-bond acceptors (Lipinski definition) is 4. The minimum Gasteiger partial charge on any atom is -0.354 e. The van der Waals surface area contributed by atoms with Crippen molar-refractivity contribution in [2.24, 2.45) is 0 Å². The molecule has 0 aliphatic heterocycles. The molecule has 0 aliphatic carbocycles. The molecular formula is C18H18FN3O3S. The smallest absolute Gasteiger partial charge is 0.240 e. The van der Waals surface area contributed by atoms with Gasteiger partial charge in [-0.3, -0.25) is 9.10 Å². The van der Waals surface area contributed by atoms with E-state index in [-0.39, 0.29) is 11.5 Å². The summed E-state index contributed by atoms with van der Waals surface area (Å²) in [6.07, 6.45) is 1.49. The highest BCUT2D eigenvalue weighted by Crippen LogP contribution is 2.18. The molecule has 0 saturated carbocycles. The van der Waals surface area contributed by atoms with E-state index in [9.17, 15) is 17.6 Å². The van der Waals surface area contributed by atoms with Gasteiger partial charge < -0.3 is 5.32 Å². The molecule has 1 amide bonds. The summed E-state index contributed by atoms with van der Waals surface area (Å²) in [7, 11) is -3.70. The zero-order chi connectivity index (χ0) is 19.2. The molecular weight excluding hydrogens is 357 g/mol. The highest BCUT2D eigenvalue weighted by Gasteiger charge is 2.21. The fourth-order valence-corrected chi connectivity index (χ4v) is 3.16. The van der Waals surface area contributed by atoms with Crippen LogP contribution in [0.25, 0.3) is 0 Å². The summed E-state index contributed by atoms with van der Waals surface area (Å²) in [5, 5.41) is 11.6. The molecule has 0 bridgehead atoms. The van der Waals surface area contributed by atoms with Crippen molar-refractivity contribution in [3.8, 4) is 6.07 Å². The van der Waals surface area contributed by atoms with Gasteiger partial charge in [0.15, 0.2) is 0 Å². The molecule has 0 atom stereocenters. The number of anilines is 1. The van der Waals surface area contributed by atoms with E-state index in [4.69, 9.17) is 5.26 Å². The van der Waals surface area contributed by atoms with Crippen LogP contribution in [-0.2, 0) is 21.2 Å². The van der Waals surface area contributed by atoms with Crippen LogP contribution in [0.5, 0.6) is 0 Å². The number of carbonyl (C=O) groups is 1. The summed E-state index contributed by atoms with van der Waals surface area (Å²) in [4.78, 5) is 12.1. The zero-order valence-electron chi connectivity index (χ0n) is 14.1. The van der Waals surface area contributed by atoms with Gasteiger partial charge in [0, 0.05) is 6.54 Å². The van der Waals surface area contributed by atoms with Crippen LogP contribution in [-0.4, -0.2) is 33.7 Å². The zero-order valence-corrected chi connectivity index (χ0v) is 15.0. The van der Waals surface area contributed by atoms with Gasteiger partial charge in [0.2, 0.25) is 15.9 Å². The van der Waals surface area contributed by atoms with Crippen molar-refractivity contribution in [3.63, 3.8) is 0 Å². The molecule has 0 spiro atoms. The van der Waals surface area contributed by atoms with Gasteiger partial charge >= 0.3 is 0 Å². The third-order valence-electron chi connectivity index (χ3n) is 3.60. The Balaban J connectivity index is 2.00. The first kappa shape index (κ1) is 19.4. The SMILES string of the molecule is CS(=O)(=O)N(CC(=O)NCCc1ccc(F)cc1)c1cccc(C#N)c1. The quantitative estimate of drug-likeness (QED) is 0.799. The number of nitrogens with zero attached hydrogens (tertiary/aromatic N) is 2. The van der Waals surface area contributed by atoms with Crippen molar-refractivity contribution in [1.29, 1.82) is 5.26 Å². The number of carbonyl (C=O) groups excluding carboxylic acids is 1. The van der Waals surface area contributed by atoms with Gasteiger partial charge in [0.1, 0.15) is 12.4 Å². The summed E-state index contributed by atoms with van der Waals surface area (Å²) in [5.74, 6) is -0.805.